The molecule has 0 saturated heterocycles. The molecule has 0 heterocycles. The number of aryl methyl sites for hydroxylation is 2. The van der Waals surface area contributed by atoms with Crippen LogP contribution in [-0.4, -0.2) is 46.9 Å². The van der Waals surface area contributed by atoms with Gasteiger partial charge in [-0.15, -0.1) is 0 Å². The van der Waals surface area contributed by atoms with Gasteiger partial charge in [-0.1, -0.05) is 39.0 Å². The standard InChI is InChI=1S/C21H32N2O4/c1-6-14-22(8-3)17(7-2)21(27)23(18(24)12-13-19(25)26)20-15(4)10-9-11-16(20)5/h9-11,17H,6-8,12-14H2,1-5H3,(H,25,26). The zero-order chi connectivity index (χ0) is 20.6. The summed E-state index contributed by atoms with van der Waals surface area (Å²) in [4.78, 5) is 40.6. The molecule has 6 nitrogen and oxygen atoms in total. The lowest BCUT2D eigenvalue weighted by Gasteiger charge is -2.34. The summed E-state index contributed by atoms with van der Waals surface area (Å²) in [5.41, 5.74) is 2.21. The number of anilines is 1. The van der Waals surface area contributed by atoms with E-state index in [1.54, 1.807) is 0 Å². The van der Waals surface area contributed by atoms with Gasteiger partial charge < -0.3 is 5.11 Å². The van der Waals surface area contributed by atoms with E-state index in [1.807, 2.05) is 45.9 Å². The Balaban J connectivity index is 3.37. The Morgan fingerprint density at radius 1 is 1.04 bits per heavy atom. The fraction of sp³-hybridized carbons (Fsp3) is 0.571. The Morgan fingerprint density at radius 2 is 1.63 bits per heavy atom. The number of aliphatic carboxylic acids is 1. The molecule has 2 amide bonds. The first-order chi connectivity index (χ1) is 12.8. The number of carboxylic acids is 1. The minimum atomic E-state index is -1.05. The van der Waals surface area contributed by atoms with Gasteiger partial charge in [-0.3, -0.25) is 19.3 Å². The van der Waals surface area contributed by atoms with Crippen molar-refractivity contribution in [3.8, 4) is 0 Å². The largest absolute Gasteiger partial charge is 0.481 e. The highest BCUT2D eigenvalue weighted by molar-refractivity contribution is 6.17. The molecular formula is C21H32N2O4. The number of imide groups is 1. The molecule has 150 valence electrons. The summed E-state index contributed by atoms with van der Waals surface area (Å²) in [6, 6.07) is 5.18. The minimum absolute atomic E-state index is 0.203. The molecule has 0 aromatic heterocycles. The highest BCUT2D eigenvalue weighted by Crippen LogP contribution is 2.27. The Morgan fingerprint density at radius 3 is 2.07 bits per heavy atom. The molecule has 0 spiro atoms. The summed E-state index contributed by atoms with van der Waals surface area (Å²) >= 11 is 0. The van der Waals surface area contributed by atoms with Crippen LogP contribution in [0.3, 0.4) is 0 Å². The zero-order valence-electron chi connectivity index (χ0n) is 17.1. The van der Waals surface area contributed by atoms with Crippen molar-refractivity contribution in [1.29, 1.82) is 0 Å². The summed E-state index contributed by atoms with van der Waals surface area (Å²) in [7, 11) is 0. The molecule has 0 aliphatic rings. The van der Waals surface area contributed by atoms with Gasteiger partial charge in [0.25, 0.3) is 5.91 Å². The smallest absolute Gasteiger partial charge is 0.303 e. The summed E-state index contributed by atoms with van der Waals surface area (Å²) in [6.07, 6.45) is 0.996. The number of carbonyl (C=O) groups is 3. The number of carboxylic acid groups (broad SMARTS) is 1. The van der Waals surface area contributed by atoms with Gasteiger partial charge in [0.1, 0.15) is 0 Å². The van der Waals surface area contributed by atoms with Crippen LogP contribution < -0.4 is 4.90 Å². The first-order valence-corrected chi connectivity index (χ1v) is 9.67. The third-order valence-electron chi connectivity index (χ3n) is 4.72. The molecule has 0 radical (unpaired) electrons. The zero-order valence-corrected chi connectivity index (χ0v) is 17.1. The SMILES string of the molecule is CCCN(CC)C(CC)C(=O)N(C(=O)CCC(=O)O)c1c(C)cccc1C. The van der Waals surface area contributed by atoms with Gasteiger partial charge in [0, 0.05) is 6.42 Å². The number of hydrogen-bond acceptors (Lipinski definition) is 4. The quantitative estimate of drug-likeness (QED) is 0.676. The molecule has 0 aliphatic heterocycles. The third kappa shape index (κ3) is 5.89. The average Bonchev–Trinajstić information content (AvgIpc) is 2.62. The maximum atomic E-state index is 13.5. The summed E-state index contributed by atoms with van der Waals surface area (Å²) in [6.45, 7) is 11.2. The van der Waals surface area contributed by atoms with Gasteiger partial charge in [-0.25, -0.2) is 4.90 Å². The lowest BCUT2D eigenvalue weighted by molar-refractivity contribution is -0.139. The van der Waals surface area contributed by atoms with Gasteiger partial charge in [-0.2, -0.15) is 0 Å². The van der Waals surface area contributed by atoms with Crippen LogP contribution in [0.25, 0.3) is 0 Å². The van der Waals surface area contributed by atoms with Crippen molar-refractivity contribution in [3.05, 3.63) is 29.3 Å². The number of hydrogen-bond donors (Lipinski definition) is 1. The Kier molecular flexibility index (Phi) is 9.15. The molecule has 1 atom stereocenters. The van der Waals surface area contributed by atoms with Gasteiger partial charge in [0.2, 0.25) is 5.91 Å². The van der Waals surface area contributed by atoms with Crippen LogP contribution in [0.15, 0.2) is 18.2 Å². The molecule has 0 aliphatic carbocycles. The van der Waals surface area contributed by atoms with E-state index in [2.05, 4.69) is 11.8 Å². The fourth-order valence-corrected chi connectivity index (χ4v) is 3.40. The molecule has 6 heteroatoms. The van der Waals surface area contributed by atoms with E-state index in [0.717, 1.165) is 24.1 Å². The molecular weight excluding hydrogens is 344 g/mol. The Hall–Kier alpha value is -2.21. The number of rotatable bonds is 10. The van der Waals surface area contributed by atoms with Crippen molar-refractivity contribution >= 4 is 23.5 Å². The van der Waals surface area contributed by atoms with Crippen molar-refractivity contribution in [1.82, 2.24) is 4.90 Å². The summed E-state index contributed by atoms with van der Waals surface area (Å²) in [5.74, 6) is -1.79. The van der Waals surface area contributed by atoms with Gasteiger partial charge in [0.15, 0.2) is 0 Å². The van der Waals surface area contributed by atoms with Crippen LogP contribution in [0.2, 0.25) is 0 Å². The topological polar surface area (TPSA) is 77.9 Å². The van der Waals surface area contributed by atoms with E-state index in [1.165, 1.54) is 4.90 Å². The second-order valence-electron chi connectivity index (χ2n) is 6.75. The highest BCUT2D eigenvalue weighted by atomic mass is 16.4. The Bertz CT molecular complexity index is 652. The van der Waals surface area contributed by atoms with Crippen molar-refractivity contribution in [3.63, 3.8) is 0 Å². The Labute approximate surface area is 162 Å². The number of para-hydroxylation sites is 1. The van der Waals surface area contributed by atoms with Crippen LogP contribution in [0.5, 0.6) is 0 Å². The minimum Gasteiger partial charge on any atom is -0.481 e. The summed E-state index contributed by atoms with van der Waals surface area (Å²) < 4.78 is 0. The average molecular weight is 376 g/mol. The highest BCUT2D eigenvalue weighted by Gasteiger charge is 2.33. The van der Waals surface area contributed by atoms with Gasteiger partial charge >= 0.3 is 5.97 Å². The first kappa shape index (κ1) is 22.8. The molecule has 0 fully saturated rings. The van der Waals surface area contributed by atoms with Crippen molar-refractivity contribution < 1.29 is 19.5 Å². The predicted octanol–water partition coefficient (Wildman–Crippen LogP) is 3.54. The van der Waals surface area contributed by atoms with E-state index in [0.29, 0.717) is 18.7 Å². The van der Waals surface area contributed by atoms with Crippen LogP contribution in [0.1, 0.15) is 57.6 Å². The van der Waals surface area contributed by atoms with Crippen molar-refractivity contribution in [2.75, 3.05) is 18.0 Å². The van der Waals surface area contributed by atoms with E-state index in [9.17, 15) is 14.4 Å². The van der Waals surface area contributed by atoms with E-state index >= 15 is 0 Å². The number of carbonyl (C=O) groups excluding carboxylic acids is 2. The number of amides is 2. The van der Waals surface area contributed by atoms with Crippen LogP contribution >= 0.6 is 0 Å². The number of nitrogens with zero attached hydrogens (tertiary/aromatic N) is 2. The molecule has 0 bridgehead atoms. The van der Waals surface area contributed by atoms with Gasteiger partial charge in [-0.05, 0) is 50.9 Å². The maximum absolute atomic E-state index is 13.5. The first-order valence-electron chi connectivity index (χ1n) is 9.67. The summed E-state index contributed by atoms with van der Waals surface area (Å²) in [5, 5.41) is 8.95. The van der Waals surface area contributed by atoms with E-state index < -0.39 is 17.9 Å². The molecule has 1 rings (SSSR count). The molecule has 0 saturated carbocycles. The predicted molar refractivity (Wildman–Crippen MR) is 107 cm³/mol. The van der Waals surface area contributed by atoms with Crippen molar-refractivity contribution in [2.45, 2.75) is 66.3 Å². The molecule has 1 aromatic carbocycles. The van der Waals surface area contributed by atoms with Crippen molar-refractivity contribution in [2.24, 2.45) is 0 Å². The van der Waals surface area contributed by atoms with E-state index in [4.69, 9.17) is 5.11 Å². The fourth-order valence-electron chi connectivity index (χ4n) is 3.40. The normalized spacial score (nSPS) is 12.1. The second kappa shape index (κ2) is 10.8. The van der Waals surface area contributed by atoms with E-state index in [-0.39, 0.29) is 18.7 Å². The third-order valence-corrected chi connectivity index (χ3v) is 4.72. The molecule has 1 N–H and O–H groups in total. The second-order valence-corrected chi connectivity index (χ2v) is 6.75. The van der Waals surface area contributed by atoms with Crippen LogP contribution in [0, 0.1) is 13.8 Å². The maximum Gasteiger partial charge on any atom is 0.303 e. The lowest BCUT2D eigenvalue weighted by Crippen LogP contribution is -2.51. The number of likely N-dealkylation sites (N-methyl/N-ethyl adjacent to an activating group) is 1. The molecule has 1 aromatic rings. The molecule has 1 unspecified atom stereocenters. The molecule has 27 heavy (non-hydrogen) atoms. The monoisotopic (exact) mass is 376 g/mol. The van der Waals surface area contributed by atoms with Crippen LogP contribution in [0.4, 0.5) is 5.69 Å². The van der Waals surface area contributed by atoms with Crippen LogP contribution in [-0.2, 0) is 14.4 Å². The number of benzene rings is 1. The van der Waals surface area contributed by atoms with Gasteiger partial charge in [0.05, 0.1) is 18.2 Å². The lowest BCUT2D eigenvalue weighted by atomic mass is 10.0.